The van der Waals surface area contributed by atoms with Gasteiger partial charge >= 0.3 is 0 Å². The van der Waals surface area contributed by atoms with Crippen molar-refractivity contribution in [2.24, 2.45) is 5.10 Å². The average molecular weight is 646 g/mol. The zero-order chi connectivity index (χ0) is 27.2. The van der Waals surface area contributed by atoms with E-state index in [0.29, 0.717) is 51.3 Å². The molecular formula is C27H23Br2FN4O4. The molecule has 0 radical (unpaired) electrons. The number of aryl methyl sites for hydroxylation is 1. The highest BCUT2D eigenvalue weighted by atomic mass is 79.9. The summed E-state index contributed by atoms with van der Waals surface area (Å²) < 4.78 is 27.8. The molecule has 11 heteroatoms. The molecule has 1 aromatic heterocycles. The number of nitrogens with zero attached hydrogens (tertiary/aromatic N) is 3. The molecule has 1 heterocycles. The van der Waals surface area contributed by atoms with Gasteiger partial charge in [0.2, 0.25) is 0 Å². The lowest BCUT2D eigenvalue weighted by atomic mass is 10.2. The van der Waals surface area contributed by atoms with E-state index in [-0.39, 0.29) is 17.9 Å². The van der Waals surface area contributed by atoms with Crippen LogP contribution in [-0.2, 0) is 11.2 Å². The van der Waals surface area contributed by atoms with Gasteiger partial charge in [0.1, 0.15) is 11.6 Å². The molecule has 38 heavy (non-hydrogen) atoms. The van der Waals surface area contributed by atoms with Gasteiger partial charge < -0.3 is 14.8 Å². The Bertz CT molecular complexity index is 1590. The van der Waals surface area contributed by atoms with Gasteiger partial charge in [0.05, 0.1) is 29.4 Å². The highest BCUT2D eigenvalue weighted by Gasteiger charge is 2.14. The van der Waals surface area contributed by atoms with E-state index in [4.69, 9.17) is 9.47 Å². The molecule has 0 fully saturated rings. The number of benzene rings is 3. The van der Waals surface area contributed by atoms with E-state index in [0.717, 1.165) is 4.47 Å². The van der Waals surface area contributed by atoms with Crippen molar-refractivity contribution in [3.05, 3.63) is 91.1 Å². The summed E-state index contributed by atoms with van der Waals surface area (Å²) in [6, 6.07) is 14.5. The van der Waals surface area contributed by atoms with Gasteiger partial charge in [-0.3, -0.25) is 9.59 Å². The van der Waals surface area contributed by atoms with E-state index < -0.39 is 11.7 Å². The number of rotatable bonds is 9. The van der Waals surface area contributed by atoms with Crippen LogP contribution in [-0.4, -0.2) is 35.0 Å². The number of ether oxygens (including phenoxy) is 2. The van der Waals surface area contributed by atoms with Gasteiger partial charge in [-0.1, -0.05) is 35.0 Å². The van der Waals surface area contributed by atoms with Crippen LogP contribution in [0.5, 0.6) is 11.5 Å². The number of halogens is 3. The molecule has 0 saturated heterocycles. The van der Waals surface area contributed by atoms with Crippen LogP contribution in [0.4, 0.5) is 10.1 Å². The molecule has 4 rings (SSSR count). The molecule has 0 unspecified atom stereocenters. The summed E-state index contributed by atoms with van der Waals surface area (Å²) in [4.78, 5) is 30.0. The lowest BCUT2D eigenvalue weighted by molar-refractivity contribution is -0.118. The lowest BCUT2D eigenvalue weighted by Gasteiger charge is -2.14. The van der Waals surface area contributed by atoms with Gasteiger partial charge in [0.15, 0.2) is 18.1 Å². The number of fused-ring (bicyclic) bond motifs is 1. The Morgan fingerprint density at radius 3 is 2.61 bits per heavy atom. The molecule has 1 amide bonds. The summed E-state index contributed by atoms with van der Waals surface area (Å²) in [5.41, 5.74) is 0.990. The minimum atomic E-state index is -0.540. The van der Waals surface area contributed by atoms with E-state index in [9.17, 15) is 14.0 Å². The quantitative estimate of drug-likeness (QED) is 0.228. The third-order valence-corrected chi connectivity index (χ3v) is 6.55. The van der Waals surface area contributed by atoms with Crippen molar-refractivity contribution in [1.82, 2.24) is 9.66 Å². The summed E-state index contributed by atoms with van der Waals surface area (Å²) in [7, 11) is 0. The predicted molar refractivity (Wildman–Crippen MR) is 152 cm³/mol. The molecule has 3 aromatic carbocycles. The van der Waals surface area contributed by atoms with Crippen molar-refractivity contribution in [3.8, 4) is 11.5 Å². The van der Waals surface area contributed by atoms with E-state index in [1.54, 1.807) is 30.3 Å². The van der Waals surface area contributed by atoms with Crippen molar-refractivity contribution in [3.63, 3.8) is 0 Å². The predicted octanol–water partition coefficient (Wildman–Crippen LogP) is 5.92. The van der Waals surface area contributed by atoms with Crippen molar-refractivity contribution < 1.29 is 18.7 Å². The fraction of sp³-hybridized carbons (Fsp3) is 0.185. The Kier molecular flexibility index (Phi) is 8.90. The summed E-state index contributed by atoms with van der Waals surface area (Å²) >= 11 is 6.89. The molecule has 0 aliphatic rings. The van der Waals surface area contributed by atoms with Gasteiger partial charge in [-0.2, -0.15) is 9.78 Å². The summed E-state index contributed by atoms with van der Waals surface area (Å²) in [6.07, 6.45) is 2.03. The average Bonchev–Trinajstić information content (AvgIpc) is 2.90. The number of amides is 1. The van der Waals surface area contributed by atoms with Crippen LogP contribution in [0.1, 0.15) is 25.2 Å². The SMILES string of the molecule is CCOc1cc(C=Nn2c(CC)nc3ccc(Br)cc3c2=O)c(Br)cc1OCC(=O)Nc1ccccc1F. The fourth-order valence-electron chi connectivity index (χ4n) is 3.59. The highest BCUT2D eigenvalue weighted by molar-refractivity contribution is 9.10. The van der Waals surface area contributed by atoms with Crippen molar-refractivity contribution in [1.29, 1.82) is 0 Å². The van der Waals surface area contributed by atoms with Crippen molar-refractivity contribution in [2.75, 3.05) is 18.5 Å². The number of hydrogen-bond donors (Lipinski definition) is 1. The molecule has 0 atom stereocenters. The Hall–Kier alpha value is -3.57. The van der Waals surface area contributed by atoms with Crippen LogP contribution >= 0.6 is 31.9 Å². The highest BCUT2D eigenvalue weighted by Crippen LogP contribution is 2.33. The van der Waals surface area contributed by atoms with Crippen LogP contribution in [0.15, 0.2) is 73.4 Å². The van der Waals surface area contributed by atoms with Gasteiger partial charge in [0, 0.05) is 20.9 Å². The Balaban J connectivity index is 1.59. The first-order valence-electron chi connectivity index (χ1n) is 11.7. The molecule has 0 spiro atoms. The van der Waals surface area contributed by atoms with Crippen molar-refractivity contribution in [2.45, 2.75) is 20.3 Å². The maximum atomic E-state index is 13.8. The monoisotopic (exact) mass is 644 g/mol. The maximum absolute atomic E-state index is 13.8. The smallest absolute Gasteiger partial charge is 0.282 e. The first-order chi connectivity index (χ1) is 18.3. The third-order valence-electron chi connectivity index (χ3n) is 5.37. The number of nitrogens with one attached hydrogen (secondary N) is 1. The molecule has 8 nitrogen and oxygen atoms in total. The minimum absolute atomic E-state index is 0.0658. The van der Waals surface area contributed by atoms with Gasteiger partial charge in [-0.05, 0) is 65.3 Å². The largest absolute Gasteiger partial charge is 0.490 e. The van der Waals surface area contributed by atoms with E-state index in [1.807, 2.05) is 19.9 Å². The standard InChI is InChI=1S/C27H23Br2FN4O4/c1-3-25-32-21-10-9-17(28)12-18(21)27(36)34(25)31-14-16-11-23(37-4-2)24(13-19(16)29)38-15-26(35)33-22-8-6-5-7-20(22)30/h5-14H,3-4,15H2,1-2H3,(H,33,35). The molecule has 0 saturated carbocycles. The van der Waals surface area contributed by atoms with E-state index >= 15 is 0 Å². The normalized spacial score (nSPS) is 11.2. The Labute approximate surface area is 234 Å². The fourth-order valence-corrected chi connectivity index (χ4v) is 4.37. The van der Waals surface area contributed by atoms with Gasteiger partial charge in [-0.25, -0.2) is 9.37 Å². The molecule has 1 N–H and O–H groups in total. The van der Waals surface area contributed by atoms with Crippen LogP contribution in [0, 0.1) is 5.82 Å². The van der Waals surface area contributed by atoms with Crippen LogP contribution in [0.25, 0.3) is 10.9 Å². The van der Waals surface area contributed by atoms with Crippen LogP contribution in [0.2, 0.25) is 0 Å². The zero-order valence-electron chi connectivity index (χ0n) is 20.5. The maximum Gasteiger partial charge on any atom is 0.282 e. The number of carbonyl (C=O) groups excluding carboxylic acids is 1. The molecular weight excluding hydrogens is 623 g/mol. The van der Waals surface area contributed by atoms with Gasteiger partial charge in [0.25, 0.3) is 11.5 Å². The second-order valence-electron chi connectivity index (χ2n) is 7.97. The van der Waals surface area contributed by atoms with Crippen LogP contribution < -0.4 is 20.3 Å². The number of aromatic nitrogens is 2. The number of hydrogen-bond acceptors (Lipinski definition) is 6. The van der Waals surface area contributed by atoms with E-state index in [1.165, 1.54) is 29.1 Å². The topological polar surface area (TPSA) is 94.8 Å². The third kappa shape index (κ3) is 6.28. The number of para-hydroxylation sites is 1. The second-order valence-corrected chi connectivity index (χ2v) is 9.74. The van der Waals surface area contributed by atoms with Crippen molar-refractivity contribution >= 4 is 60.6 Å². The first-order valence-corrected chi connectivity index (χ1v) is 13.3. The molecule has 196 valence electrons. The summed E-state index contributed by atoms with van der Waals surface area (Å²) in [5, 5.41) is 7.34. The molecule has 0 aliphatic carbocycles. The Morgan fingerprint density at radius 2 is 1.87 bits per heavy atom. The molecule has 0 aliphatic heterocycles. The van der Waals surface area contributed by atoms with Gasteiger partial charge in [-0.15, -0.1) is 0 Å². The first kappa shape index (κ1) is 27.5. The molecule has 0 bridgehead atoms. The zero-order valence-corrected chi connectivity index (χ0v) is 23.7. The summed E-state index contributed by atoms with van der Waals surface area (Å²) in [5.74, 6) is 0.133. The summed E-state index contributed by atoms with van der Waals surface area (Å²) in [6.45, 7) is 3.70. The molecule has 4 aromatic rings. The Morgan fingerprint density at radius 1 is 1.11 bits per heavy atom. The minimum Gasteiger partial charge on any atom is -0.490 e. The number of carbonyl (C=O) groups is 1. The van der Waals surface area contributed by atoms with Crippen LogP contribution in [0.3, 0.4) is 0 Å². The second kappa shape index (κ2) is 12.3. The lowest BCUT2D eigenvalue weighted by Crippen LogP contribution is -2.22. The van der Waals surface area contributed by atoms with E-state index in [2.05, 4.69) is 47.3 Å². The number of anilines is 1.